The van der Waals surface area contributed by atoms with Gasteiger partial charge in [-0.3, -0.25) is 9.59 Å². The summed E-state index contributed by atoms with van der Waals surface area (Å²) < 4.78 is 0. The molecule has 1 unspecified atom stereocenters. The van der Waals surface area contributed by atoms with Crippen LogP contribution in [0.2, 0.25) is 0 Å². The second kappa shape index (κ2) is 4.18. The van der Waals surface area contributed by atoms with Gasteiger partial charge in [-0.1, -0.05) is 14.8 Å². The lowest BCUT2D eigenvalue weighted by Gasteiger charge is -1.91. The Morgan fingerprint density at radius 2 is 2.10 bits per heavy atom. The molecule has 1 atom stereocenters. The summed E-state index contributed by atoms with van der Waals surface area (Å²) in [6.07, 6.45) is 1.22. The lowest BCUT2D eigenvalue weighted by atomic mass is 10.2. The first-order valence-electron chi connectivity index (χ1n) is 2.70. The first kappa shape index (κ1) is 9.31. The monoisotopic (exact) mass is 160 g/mol. The Bertz CT molecular complexity index is 183. The van der Waals surface area contributed by atoms with Crippen LogP contribution in [0.4, 0.5) is 0 Å². The molecule has 0 saturated carbocycles. The summed E-state index contributed by atoms with van der Waals surface area (Å²) in [6, 6.07) is 0. The fraction of sp³-hybridized carbons (Fsp3) is 0.333. The van der Waals surface area contributed by atoms with Gasteiger partial charge in [0.25, 0.3) is 0 Å². The smallest absolute Gasteiger partial charge is 0.307 e. The molecule has 1 N–H and O–H groups in total. The van der Waals surface area contributed by atoms with Gasteiger partial charge in [0.1, 0.15) is 0 Å². The minimum atomic E-state index is -0.917. The van der Waals surface area contributed by atoms with Crippen LogP contribution < -0.4 is 0 Å². The summed E-state index contributed by atoms with van der Waals surface area (Å²) in [5, 5.41) is 8.24. The number of carboxylic acids is 1. The Hall–Kier alpha value is -0.690. The fourth-order valence-electron chi connectivity index (χ4n) is 0.532. The van der Waals surface area contributed by atoms with E-state index in [9.17, 15) is 9.59 Å². The number of aliphatic carboxylic acids is 1. The average Bonchev–Trinajstić information content (AvgIpc) is 1.58. The van der Waals surface area contributed by atoms with Gasteiger partial charge in [-0.05, 0) is 13.0 Å². The minimum Gasteiger partial charge on any atom is -0.481 e. The van der Waals surface area contributed by atoms with Crippen molar-refractivity contribution in [1.82, 2.24) is 0 Å². The molecule has 0 heterocycles. The van der Waals surface area contributed by atoms with Crippen molar-refractivity contribution in [1.29, 1.82) is 0 Å². The zero-order valence-corrected chi connectivity index (χ0v) is 6.78. The van der Waals surface area contributed by atoms with E-state index in [4.69, 9.17) is 5.11 Å². The van der Waals surface area contributed by atoms with Crippen molar-refractivity contribution < 1.29 is 14.7 Å². The van der Waals surface area contributed by atoms with Crippen molar-refractivity contribution >= 4 is 20.7 Å². The first-order chi connectivity index (χ1) is 4.52. The first-order valence-corrected chi connectivity index (χ1v) is 3.28. The van der Waals surface area contributed by atoms with Gasteiger partial charge < -0.3 is 5.11 Å². The molecule has 0 saturated heterocycles. The standard InChI is InChI=1S/C6H9O3P/c1-4(2-5(7)8)3-6(9)10/h3H,2,10H2,1H3,(H,7,8)/b4-3+. The molecule has 4 heteroatoms. The summed E-state index contributed by atoms with van der Waals surface area (Å²) in [5.74, 6) is -0.917. The van der Waals surface area contributed by atoms with Crippen molar-refractivity contribution in [2.45, 2.75) is 13.3 Å². The molecule has 0 aromatic heterocycles. The number of carbonyl (C=O) groups excluding carboxylic acids is 1. The highest BCUT2D eigenvalue weighted by Gasteiger charge is 1.98. The van der Waals surface area contributed by atoms with Crippen LogP contribution in [0.15, 0.2) is 11.6 Å². The molecule has 0 aromatic carbocycles. The summed E-state index contributed by atoms with van der Waals surface area (Å²) in [5.41, 5.74) is 0.367. The van der Waals surface area contributed by atoms with Crippen molar-refractivity contribution in [3.8, 4) is 0 Å². The molecule has 10 heavy (non-hydrogen) atoms. The normalized spacial score (nSPS) is 11.2. The number of hydrogen-bond acceptors (Lipinski definition) is 2. The topological polar surface area (TPSA) is 54.4 Å². The quantitative estimate of drug-likeness (QED) is 0.491. The third-order valence-electron chi connectivity index (χ3n) is 0.819. The molecular formula is C6H9O3P. The van der Waals surface area contributed by atoms with Crippen molar-refractivity contribution in [2.24, 2.45) is 0 Å². The van der Waals surface area contributed by atoms with Gasteiger partial charge in [0, 0.05) is 0 Å². The molecule has 0 aliphatic rings. The largest absolute Gasteiger partial charge is 0.481 e. The summed E-state index contributed by atoms with van der Waals surface area (Å²) in [7, 11) is 1.96. The number of rotatable bonds is 3. The Morgan fingerprint density at radius 1 is 1.60 bits per heavy atom. The molecule has 0 radical (unpaired) electrons. The molecule has 0 aromatic rings. The Balaban J connectivity index is 3.95. The van der Waals surface area contributed by atoms with Crippen molar-refractivity contribution in [3.63, 3.8) is 0 Å². The van der Waals surface area contributed by atoms with E-state index in [1.807, 2.05) is 9.24 Å². The van der Waals surface area contributed by atoms with E-state index in [1.165, 1.54) is 6.08 Å². The molecule has 56 valence electrons. The number of allylic oxidation sites excluding steroid dienone is 1. The van der Waals surface area contributed by atoms with Gasteiger partial charge in [-0.25, -0.2) is 0 Å². The van der Waals surface area contributed by atoms with Crippen LogP contribution in [0.3, 0.4) is 0 Å². The molecule has 0 aliphatic carbocycles. The molecule has 0 spiro atoms. The van der Waals surface area contributed by atoms with Gasteiger partial charge in [0.05, 0.1) is 6.42 Å². The Kier molecular flexibility index (Phi) is 3.89. The summed E-state index contributed by atoms with van der Waals surface area (Å²) in [6.45, 7) is 1.61. The molecule has 3 nitrogen and oxygen atoms in total. The van der Waals surface area contributed by atoms with E-state index in [2.05, 4.69) is 0 Å². The second-order valence-corrected chi connectivity index (χ2v) is 2.53. The van der Waals surface area contributed by atoms with Crippen LogP contribution in [0.25, 0.3) is 0 Å². The van der Waals surface area contributed by atoms with Crippen molar-refractivity contribution in [2.75, 3.05) is 0 Å². The van der Waals surface area contributed by atoms with Crippen LogP contribution in [0, 0.1) is 0 Å². The summed E-state index contributed by atoms with van der Waals surface area (Å²) >= 11 is 0. The molecule has 0 fully saturated rings. The molecule has 0 bridgehead atoms. The maximum absolute atomic E-state index is 10.3. The van der Waals surface area contributed by atoms with Gasteiger partial charge in [-0.2, -0.15) is 0 Å². The Morgan fingerprint density at radius 3 is 2.40 bits per heavy atom. The van der Waals surface area contributed by atoms with E-state index in [1.54, 1.807) is 6.92 Å². The van der Waals surface area contributed by atoms with Gasteiger partial charge in [0.15, 0.2) is 5.52 Å². The highest BCUT2D eigenvalue weighted by atomic mass is 31.0. The van der Waals surface area contributed by atoms with Crippen LogP contribution in [-0.2, 0) is 9.59 Å². The molecule has 0 aliphatic heterocycles. The minimum absolute atomic E-state index is 0.0693. The van der Waals surface area contributed by atoms with E-state index >= 15 is 0 Å². The van der Waals surface area contributed by atoms with E-state index in [0.29, 0.717) is 5.57 Å². The zero-order valence-electron chi connectivity index (χ0n) is 5.63. The van der Waals surface area contributed by atoms with Crippen LogP contribution in [0.5, 0.6) is 0 Å². The predicted molar refractivity (Wildman–Crippen MR) is 40.7 cm³/mol. The highest BCUT2D eigenvalue weighted by molar-refractivity contribution is 7.41. The van der Waals surface area contributed by atoms with Crippen LogP contribution >= 0.6 is 9.24 Å². The predicted octanol–water partition coefficient (Wildman–Crippen LogP) is 0.809. The lowest BCUT2D eigenvalue weighted by Crippen LogP contribution is -1.95. The van der Waals surface area contributed by atoms with Crippen LogP contribution in [0.1, 0.15) is 13.3 Å². The maximum Gasteiger partial charge on any atom is 0.307 e. The highest BCUT2D eigenvalue weighted by Crippen LogP contribution is 2.01. The zero-order chi connectivity index (χ0) is 8.15. The Labute approximate surface area is 61.3 Å². The lowest BCUT2D eigenvalue weighted by molar-refractivity contribution is -0.136. The average molecular weight is 160 g/mol. The molecule has 0 rings (SSSR count). The van der Waals surface area contributed by atoms with Gasteiger partial charge >= 0.3 is 5.97 Å². The van der Waals surface area contributed by atoms with Crippen molar-refractivity contribution in [3.05, 3.63) is 11.6 Å². The van der Waals surface area contributed by atoms with E-state index in [-0.39, 0.29) is 11.9 Å². The number of hydrogen-bond donors (Lipinski definition) is 1. The van der Waals surface area contributed by atoms with E-state index in [0.717, 1.165) is 0 Å². The third-order valence-corrected chi connectivity index (χ3v) is 0.985. The number of carboxylic acid groups (broad SMARTS) is 1. The second-order valence-electron chi connectivity index (χ2n) is 1.96. The van der Waals surface area contributed by atoms with E-state index < -0.39 is 5.97 Å². The molecular weight excluding hydrogens is 151 g/mol. The maximum atomic E-state index is 10.3. The van der Waals surface area contributed by atoms with Gasteiger partial charge in [-0.15, -0.1) is 0 Å². The van der Waals surface area contributed by atoms with Crippen LogP contribution in [-0.4, -0.2) is 16.6 Å². The number of carbonyl (C=O) groups is 2. The SMILES string of the molecule is C/C(=C\C(=O)P)CC(=O)O. The fourth-order valence-corrected chi connectivity index (χ4v) is 0.817. The molecule has 0 amide bonds. The summed E-state index contributed by atoms with van der Waals surface area (Å²) in [4.78, 5) is 20.4. The van der Waals surface area contributed by atoms with Gasteiger partial charge in [0.2, 0.25) is 0 Å². The third kappa shape index (κ3) is 5.45.